The number of hydrogen-bond donors (Lipinski definition) is 5. The van der Waals surface area contributed by atoms with Crippen LogP contribution in [0.25, 0.3) is 56.3 Å². The van der Waals surface area contributed by atoms with Crippen LogP contribution in [-0.4, -0.2) is 193 Å². The molecule has 33 heteroatoms. The van der Waals surface area contributed by atoms with E-state index in [1.807, 2.05) is 59.4 Å². The van der Waals surface area contributed by atoms with Crippen LogP contribution >= 0.6 is 101 Å². The fourth-order valence-corrected chi connectivity index (χ4v) is 25.6. The van der Waals surface area contributed by atoms with Crippen LogP contribution in [0.5, 0.6) is 5.75 Å². The van der Waals surface area contributed by atoms with Crippen molar-refractivity contribution in [2.75, 3.05) is 94.9 Å². The van der Waals surface area contributed by atoms with Gasteiger partial charge in [0.05, 0.1) is 35.1 Å². The average molecular weight is 2250 g/mol. The molecule has 790 valence electrons. The number of nitrogens with zero attached hydrogens (tertiary/aromatic N) is 14. The molecule has 10 heterocycles. The second-order valence-electron chi connectivity index (χ2n) is 42.3. The third-order valence-electron chi connectivity index (χ3n) is 31.6. The van der Waals surface area contributed by atoms with Crippen LogP contribution in [0.1, 0.15) is 320 Å². The Labute approximate surface area is 914 Å². The standard InChI is InChI=1S/C27H35BrClN3O2.C23H31ClN4O.C22H29ClN4O.C21H26BrClN4O.C21H26Cl2N4O/c1-27(2)18-7-6-17(22(27)14-18)16-30-26(33)24-21-10-13-34-23-15-19(28)8-9-20(23)25(21)32(31-24)12-5-3-4-11-29;1-17-8-10-19-18(16-17)9-11-20-21(23(29)26-27-13-5-3-6-14-27)25-28(22(19)20)15-7-2-4-12-24;1-16-8-9-18-17(14-16)15-19-20(22(28)25-26-11-5-3-6-12-26)24-27(21(18)19)13-7-2-4-10-23;22-16-7-8-17-15(13-16)14-18-19(21(28)25-26-10-4-2-5-11-26)24-27(20(17)18)12-6-1-3-9-23;22-9-3-1-6-12-27-20-17-8-7-16(23)13-15(17)14-18(20)19(24-27)21(28)25-26-10-4-2-5-11-26/h8-9,15,17-18,22H,3-7,10-14,16H2,1-2H3,(H,30,33);8,10,16H,2-7,9,11-15H2,1H3,(H,26,29);8-9,14H,2-7,10-13,15H2,1H3,(H,25,28);2*7-8,13H,1-6,9-12,14H2,(H,25,28). The van der Waals surface area contributed by atoms with Gasteiger partial charge in [0.2, 0.25) is 0 Å². The van der Waals surface area contributed by atoms with E-state index in [2.05, 4.69) is 162 Å². The van der Waals surface area contributed by atoms with Gasteiger partial charge in [-0.3, -0.25) is 69.1 Å². The van der Waals surface area contributed by atoms with Crippen LogP contribution in [0.2, 0.25) is 5.02 Å². The number of unbranched alkanes of at least 4 members (excludes halogenated alkanes) is 10. The SMILES string of the molecule is CC1(C)C2CCC(CNC(=O)c3nn(CCCCCCl)c4c3CCOc3cc(Br)ccc3-4)C1C2.Cc1ccc2c(c1)CCc1c(C(=O)NN3CCCCC3)nn(CCCCCCl)c1-2.Cc1ccc2c(c1)Cc1c(C(=O)NN3CCCCC3)nn(CCCCCCl)c1-2.O=C(NN1CCCCC1)c1nn(CCCCCCl)c2c1Cc1cc(Br)ccc1-2.O=C(NN1CCCCC1)c1nn(CCCCCCl)c2c1Cc1cc(Cl)ccc1-2. The molecule has 0 radical (unpaired) electrons. The monoisotopic (exact) mass is 2250 g/mol. The predicted molar refractivity (Wildman–Crippen MR) is 598 cm³/mol. The number of hydrazine groups is 4. The summed E-state index contributed by atoms with van der Waals surface area (Å²) in [6.07, 6.45) is 38.0. The summed E-state index contributed by atoms with van der Waals surface area (Å²) < 4.78 is 18.3. The first-order valence-corrected chi connectivity index (χ1v) is 59.2. The minimum atomic E-state index is -0.100. The topological polar surface area (TPSA) is 257 Å². The van der Waals surface area contributed by atoms with Crippen molar-refractivity contribution < 1.29 is 28.7 Å². The number of hydrogen-bond acceptors (Lipinski definition) is 15. The van der Waals surface area contributed by atoms with E-state index < -0.39 is 0 Å². The molecule has 3 unspecified atom stereocenters. The van der Waals surface area contributed by atoms with E-state index in [-0.39, 0.29) is 29.5 Å². The minimum Gasteiger partial charge on any atom is -0.492 e. The summed E-state index contributed by atoms with van der Waals surface area (Å²) in [7, 11) is 0. The van der Waals surface area contributed by atoms with Gasteiger partial charge in [-0.15, -0.1) is 58.0 Å². The van der Waals surface area contributed by atoms with Gasteiger partial charge in [-0.05, 0) is 249 Å². The Hall–Kier alpha value is -8.16. The Kier molecular flexibility index (Phi) is 39.6. The Morgan fingerprint density at radius 2 is 0.701 bits per heavy atom. The molecule has 5 aromatic heterocycles. The van der Waals surface area contributed by atoms with Crippen LogP contribution in [0.4, 0.5) is 0 Å². The number of ether oxygens (including phenoxy) is 1. The highest BCUT2D eigenvalue weighted by Gasteiger charge is 2.54. The molecule has 10 aromatic rings. The predicted octanol–water partition coefficient (Wildman–Crippen LogP) is 24.7. The quantitative estimate of drug-likeness (QED) is 0.0181. The summed E-state index contributed by atoms with van der Waals surface area (Å²) >= 11 is 42.5. The van der Waals surface area contributed by atoms with Gasteiger partial charge >= 0.3 is 0 Å². The first-order chi connectivity index (χ1) is 71.6. The van der Waals surface area contributed by atoms with E-state index in [9.17, 15) is 24.0 Å². The molecule has 5 aromatic carbocycles. The smallest absolute Gasteiger partial charge is 0.286 e. The number of nitrogens with one attached hydrogen (secondary N) is 5. The lowest BCUT2D eigenvalue weighted by atomic mass is 9.45. The summed E-state index contributed by atoms with van der Waals surface area (Å²) in [5, 5.41) is 36.1. The number of rotatable bonds is 36. The lowest BCUT2D eigenvalue weighted by Crippen LogP contribution is -2.54. The van der Waals surface area contributed by atoms with Gasteiger partial charge in [0.25, 0.3) is 29.5 Å². The summed E-state index contributed by atoms with van der Waals surface area (Å²) in [6, 6.07) is 31.6. The molecule has 25 nitrogen and oxygen atoms in total. The number of halogens is 8. The van der Waals surface area contributed by atoms with Gasteiger partial charge in [-0.1, -0.05) is 175 Å². The highest BCUT2D eigenvalue weighted by Crippen LogP contribution is 2.61. The Bertz CT molecular complexity index is 5880. The molecular weight excluding hydrogens is 2100 g/mol. The number of aryl methyl sites for hydroxylation is 8. The molecule has 3 atom stereocenters. The number of piperidine rings is 4. The van der Waals surface area contributed by atoms with E-state index in [0.29, 0.717) is 88.7 Å². The van der Waals surface area contributed by atoms with Crippen LogP contribution in [-0.2, 0) is 71.2 Å². The number of carbonyl (C=O) groups excluding carboxylic acids is 5. The molecule has 5 N–H and O–H groups in total. The van der Waals surface area contributed by atoms with E-state index >= 15 is 0 Å². The first-order valence-electron chi connectivity index (χ1n) is 54.6. The molecule has 4 saturated heterocycles. The number of fused-ring (bicyclic) bond motifs is 17. The summed E-state index contributed by atoms with van der Waals surface area (Å²) in [5.74, 6) is 6.10. The molecule has 7 aliphatic carbocycles. The molecule has 3 saturated carbocycles. The largest absolute Gasteiger partial charge is 0.492 e. The molecule has 12 aliphatic rings. The Morgan fingerprint density at radius 3 is 1.10 bits per heavy atom. The maximum Gasteiger partial charge on any atom is 0.286 e. The fourth-order valence-electron chi connectivity index (χ4n) is 23.7. The number of alkyl halides is 5. The van der Waals surface area contributed by atoms with Crippen LogP contribution in [0.3, 0.4) is 0 Å². The van der Waals surface area contributed by atoms with Crippen molar-refractivity contribution in [3.05, 3.63) is 195 Å². The second kappa shape index (κ2) is 52.9. The van der Waals surface area contributed by atoms with Crippen molar-refractivity contribution in [3.8, 4) is 62.0 Å². The zero-order chi connectivity index (χ0) is 103. The van der Waals surface area contributed by atoms with Gasteiger partial charge < -0.3 is 10.1 Å². The highest BCUT2D eigenvalue weighted by atomic mass is 79.9. The van der Waals surface area contributed by atoms with Gasteiger partial charge in [0.1, 0.15) is 5.75 Å². The van der Waals surface area contributed by atoms with E-state index in [4.69, 9.17) is 99.8 Å². The minimum absolute atomic E-state index is 0.0458. The highest BCUT2D eigenvalue weighted by molar-refractivity contribution is 9.10. The van der Waals surface area contributed by atoms with Crippen molar-refractivity contribution in [2.24, 2.45) is 23.2 Å². The van der Waals surface area contributed by atoms with E-state index in [0.717, 1.165) is 364 Å². The molecule has 22 rings (SSSR count). The van der Waals surface area contributed by atoms with Gasteiger partial charge in [-0.2, -0.15) is 25.5 Å². The Balaban J connectivity index is 0.000000126. The van der Waals surface area contributed by atoms with Crippen molar-refractivity contribution in [2.45, 2.75) is 292 Å². The third kappa shape index (κ3) is 26.8. The van der Waals surface area contributed by atoms with Crippen molar-refractivity contribution in [1.29, 1.82) is 0 Å². The summed E-state index contributed by atoms with van der Waals surface area (Å²) in [5.41, 5.74) is 39.8. The van der Waals surface area contributed by atoms with Gasteiger partial charge in [0.15, 0.2) is 28.5 Å². The van der Waals surface area contributed by atoms with Crippen molar-refractivity contribution >= 4 is 131 Å². The van der Waals surface area contributed by atoms with E-state index in [1.165, 1.54) is 95.0 Å². The molecule has 7 fully saturated rings. The first kappa shape index (κ1) is 110. The van der Waals surface area contributed by atoms with Crippen LogP contribution in [0, 0.1) is 37.0 Å². The molecule has 147 heavy (non-hydrogen) atoms. The molecule has 0 spiro atoms. The van der Waals surface area contributed by atoms with Crippen LogP contribution < -0.4 is 31.8 Å². The number of benzene rings is 5. The fraction of sp³-hybridized carbons (Fsp3) is 0.561. The maximum absolute atomic E-state index is 13.5. The van der Waals surface area contributed by atoms with Gasteiger partial charge in [-0.25, -0.2) is 20.0 Å². The normalized spacial score (nSPS) is 18.0. The lowest BCUT2D eigenvalue weighted by Gasteiger charge is -2.60. The Morgan fingerprint density at radius 1 is 0.367 bits per heavy atom. The number of carbonyl (C=O) groups is 5. The average Bonchev–Trinajstić information content (AvgIpc) is 1.56. The molecule has 2 bridgehead atoms. The number of amides is 5. The second-order valence-corrected chi connectivity index (χ2v) is 46.5. The molecule has 5 aliphatic heterocycles. The zero-order valence-electron chi connectivity index (χ0n) is 86.2. The van der Waals surface area contributed by atoms with Crippen molar-refractivity contribution in [3.63, 3.8) is 0 Å². The third-order valence-corrected chi connectivity index (χ3v) is 34.1. The number of aromatic nitrogens is 10. The summed E-state index contributed by atoms with van der Waals surface area (Å²) in [6.45, 7) is 21.7. The van der Waals surface area contributed by atoms with Gasteiger partial charge in [0, 0.05) is 216 Å². The van der Waals surface area contributed by atoms with E-state index in [1.54, 1.807) is 0 Å². The zero-order valence-corrected chi connectivity index (χ0v) is 93.9. The van der Waals surface area contributed by atoms with Crippen molar-refractivity contribution in [1.82, 2.24) is 96.0 Å². The van der Waals surface area contributed by atoms with Crippen LogP contribution in [0.15, 0.2) is 99.9 Å². The lowest BCUT2D eigenvalue weighted by molar-refractivity contribution is -0.103. The molecule has 5 amide bonds. The summed E-state index contributed by atoms with van der Waals surface area (Å²) in [4.78, 5) is 65.6. The maximum atomic E-state index is 13.5. The molecular formula is C114H147Br2Cl6N19O6.